The Labute approximate surface area is 111 Å². The number of nitrogens with one attached hydrogen (secondary N) is 1. The maximum atomic E-state index is 8.65. The van der Waals surface area contributed by atoms with Crippen LogP contribution >= 0.6 is 0 Å². The van der Waals surface area contributed by atoms with Gasteiger partial charge >= 0.3 is 0 Å². The third-order valence-corrected chi connectivity index (χ3v) is 3.46. The van der Waals surface area contributed by atoms with Crippen LogP contribution in [0.4, 0.5) is 0 Å². The SMILES string of the molecule is Cc1ccccc1[C@@H](C)NCC(C)(C)CCC#N. The number of rotatable bonds is 6. The van der Waals surface area contributed by atoms with Crippen molar-refractivity contribution in [1.29, 1.82) is 5.26 Å². The van der Waals surface area contributed by atoms with Crippen LogP contribution in [0, 0.1) is 23.7 Å². The van der Waals surface area contributed by atoms with Crippen molar-refractivity contribution in [3.05, 3.63) is 35.4 Å². The zero-order valence-electron chi connectivity index (χ0n) is 12.0. The summed E-state index contributed by atoms with van der Waals surface area (Å²) < 4.78 is 0. The average molecular weight is 244 g/mol. The van der Waals surface area contributed by atoms with Gasteiger partial charge in [-0.15, -0.1) is 0 Å². The van der Waals surface area contributed by atoms with Crippen molar-refractivity contribution in [2.45, 2.75) is 46.6 Å². The van der Waals surface area contributed by atoms with Gasteiger partial charge in [-0.05, 0) is 36.8 Å². The van der Waals surface area contributed by atoms with E-state index in [9.17, 15) is 0 Å². The molecule has 2 nitrogen and oxygen atoms in total. The summed E-state index contributed by atoms with van der Waals surface area (Å²) in [5.41, 5.74) is 2.85. The van der Waals surface area contributed by atoms with Gasteiger partial charge in [0.15, 0.2) is 0 Å². The molecule has 0 fully saturated rings. The van der Waals surface area contributed by atoms with Gasteiger partial charge in [0.25, 0.3) is 0 Å². The normalized spacial score (nSPS) is 13.1. The van der Waals surface area contributed by atoms with Crippen LogP contribution < -0.4 is 5.32 Å². The molecular weight excluding hydrogens is 220 g/mol. The highest BCUT2D eigenvalue weighted by atomic mass is 14.9. The van der Waals surface area contributed by atoms with Gasteiger partial charge < -0.3 is 5.32 Å². The summed E-state index contributed by atoms with van der Waals surface area (Å²) in [6, 6.07) is 11.1. The van der Waals surface area contributed by atoms with Crippen molar-refractivity contribution in [3.8, 4) is 6.07 Å². The third-order valence-electron chi connectivity index (χ3n) is 3.46. The molecule has 0 bridgehead atoms. The third kappa shape index (κ3) is 4.50. The smallest absolute Gasteiger partial charge is 0.0621 e. The van der Waals surface area contributed by atoms with Crippen molar-refractivity contribution in [2.24, 2.45) is 5.41 Å². The van der Waals surface area contributed by atoms with Crippen LogP contribution in [0.2, 0.25) is 0 Å². The van der Waals surface area contributed by atoms with Crippen LogP contribution in [0.1, 0.15) is 50.8 Å². The van der Waals surface area contributed by atoms with Gasteiger partial charge in [-0.3, -0.25) is 0 Å². The van der Waals surface area contributed by atoms with Crippen molar-refractivity contribution in [1.82, 2.24) is 5.32 Å². The Balaban J connectivity index is 2.54. The first kappa shape index (κ1) is 14.7. The highest BCUT2D eigenvalue weighted by Crippen LogP contribution is 2.23. The van der Waals surface area contributed by atoms with E-state index in [1.165, 1.54) is 11.1 Å². The van der Waals surface area contributed by atoms with E-state index in [1.54, 1.807) is 0 Å². The van der Waals surface area contributed by atoms with Crippen LogP contribution in [-0.2, 0) is 0 Å². The van der Waals surface area contributed by atoms with Gasteiger partial charge in [0.05, 0.1) is 6.07 Å². The number of aryl methyl sites for hydroxylation is 1. The second-order valence-electron chi connectivity index (χ2n) is 5.78. The van der Waals surface area contributed by atoms with E-state index in [4.69, 9.17) is 5.26 Å². The zero-order chi connectivity index (χ0) is 13.6. The van der Waals surface area contributed by atoms with Crippen LogP contribution in [0.25, 0.3) is 0 Å². The predicted molar refractivity (Wildman–Crippen MR) is 76.2 cm³/mol. The second kappa shape index (κ2) is 6.56. The minimum atomic E-state index is 0.173. The first-order valence-electron chi connectivity index (χ1n) is 6.62. The molecule has 0 spiro atoms. The van der Waals surface area contributed by atoms with Gasteiger partial charge in [0.1, 0.15) is 0 Å². The Morgan fingerprint density at radius 3 is 2.61 bits per heavy atom. The predicted octanol–water partition coefficient (Wildman–Crippen LogP) is 3.98. The molecule has 1 atom stereocenters. The van der Waals surface area contributed by atoms with Gasteiger partial charge in [-0.25, -0.2) is 0 Å². The Bertz CT molecular complexity index is 415. The minimum Gasteiger partial charge on any atom is -0.310 e. The molecule has 98 valence electrons. The molecular formula is C16H24N2. The monoisotopic (exact) mass is 244 g/mol. The summed E-state index contributed by atoms with van der Waals surface area (Å²) in [7, 11) is 0. The summed E-state index contributed by atoms with van der Waals surface area (Å²) in [6.07, 6.45) is 1.57. The lowest BCUT2D eigenvalue weighted by Crippen LogP contribution is -2.31. The molecule has 18 heavy (non-hydrogen) atoms. The van der Waals surface area contributed by atoms with Crippen molar-refractivity contribution in [3.63, 3.8) is 0 Å². The number of hydrogen-bond donors (Lipinski definition) is 1. The standard InChI is InChI=1S/C16H24N2/c1-13-8-5-6-9-15(13)14(2)18-12-16(3,4)10-7-11-17/h5-6,8-9,14,18H,7,10,12H2,1-4H3/t14-/m1/s1. The van der Waals surface area contributed by atoms with E-state index >= 15 is 0 Å². The topological polar surface area (TPSA) is 35.8 Å². The summed E-state index contributed by atoms with van der Waals surface area (Å²) in [6.45, 7) is 9.70. The fourth-order valence-corrected chi connectivity index (χ4v) is 2.09. The number of nitrogens with zero attached hydrogens (tertiary/aromatic N) is 1. The molecule has 0 aliphatic rings. The lowest BCUT2D eigenvalue weighted by molar-refractivity contribution is 0.304. The number of benzene rings is 1. The highest BCUT2D eigenvalue weighted by Gasteiger charge is 2.18. The molecule has 1 rings (SSSR count). The van der Waals surface area contributed by atoms with E-state index in [2.05, 4.69) is 63.3 Å². The molecule has 0 amide bonds. The number of nitriles is 1. The van der Waals surface area contributed by atoms with E-state index < -0.39 is 0 Å². The first-order valence-corrected chi connectivity index (χ1v) is 6.62. The van der Waals surface area contributed by atoms with Crippen molar-refractivity contribution >= 4 is 0 Å². The van der Waals surface area contributed by atoms with E-state index in [0.717, 1.165) is 13.0 Å². The van der Waals surface area contributed by atoms with Crippen molar-refractivity contribution < 1.29 is 0 Å². The molecule has 0 aromatic heterocycles. The summed E-state index contributed by atoms with van der Waals surface area (Å²) in [4.78, 5) is 0. The molecule has 0 saturated heterocycles. The quantitative estimate of drug-likeness (QED) is 0.821. The Kier molecular flexibility index (Phi) is 5.37. The molecule has 0 aliphatic heterocycles. The van der Waals surface area contributed by atoms with Crippen LogP contribution in [0.15, 0.2) is 24.3 Å². The van der Waals surface area contributed by atoms with Gasteiger partial charge in [0.2, 0.25) is 0 Å². The fraction of sp³-hybridized carbons (Fsp3) is 0.562. The molecule has 0 saturated carbocycles. The van der Waals surface area contributed by atoms with Crippen molar-refractivity contribution in [2.75, 3.05) is 6.54 Å². The Morgan fingerprint density at radius 1 is 1.33 bits per heavy atom. The van der Waals surface area contributed by atoms with E-state index in [1.807, 2.05) is 0 Å². The van der Waals surface area contributed by atoms with Gasteiger partial charge in [0, 0.05) is 19.0 Å². The van der Waals surface area contributed by atoms with Crippen LogP contribution in [0.5, 0.6) is 0 Å². The zero-order valence-corrected chi connectivity index (χ0v) is 12.0. The van der Waals surface area contributed by atoms with Crippen LogP contribution in [-0.4, -0.2) is 6.54 Å². The van der Waals surface area contributed by atoms with E-state index in [-0.39, 0.29) is 5.41 Å². The molecule has 1 N–H and O–H groups in total. The average Bonchev–Trinajstić information content (AvgIpc) is 2.34. The molecule has 0 aliphatic carbocycles. The maximum Gasteiger partial charge on any atom is 0.0621 e. The lowest BCUT2D eigenvalue weighted by Gasteiger charge is -2.27. The summed E-state index contributed by atoms with van der Waals surface area (Å²) in [5, 5.41) is 12.2. The molecule has 1 aromatic rings. The van der Waals surface area contributed by atoms with Gasteiger partial charge in [-0.2, -0.15) is 5.26 Å². The Morgan fingerprint density at radius 2 is 2.00 bits per heavy atom. The molecule has 0 heterocycles. The highest BCUT2D eigenvalue weighted by molar-refractivity contribution is 5.28. The fourth-order valence-electron chi connectivity index (χ4n) is 2.09. The first-order chi connectivity index (χ1) is 8.46. The van der Waals surface area contributed by atoms with Gasteiger partial charge in [-0.1, -0.05) is 38.1 Å². The lowest BCUT2D eigenvalue weighted by atomic mass is 9.87. The minimum absolute atomic E-state index is 0.173. The second-order valence-corrected chi connectivity index (χ2v) is 5.78. The molecule has 0 unspecified atom stereocenters. The molecule has 1 aromatic carbocycles. The maximum absolute atomic E-state index is 8.65. The van der Waals surface area contributed by atoms with E-state index in [0.29, 0.717) is 12.5 Å². The number of hydrogen-bond acceptors (Lipinski definition) is 2. The van der Waals surface area contributed by atoms with Crippen LogP contribution in [0.3, 0.4) is 0 Å². The Hall–Kier alpha value is -1.33. The summed E-state index contributed by atoms with van der Waals surface area (Å²) >= 11 is 0. The summed E-state index contributed by atoms with van der Waals surface area (Å²) in [5.74, 6) is 0. The largest absolute Gasteiger partial charge is 0.310 e. The molecule has 0 radical (unpaired) electrons. The molecule has 2 heteroatoms.